The first-order valence-electron chi connectivity index (χ1n) is 6.75. The van der Waals surface area contributed by atoms with E-state index in [9.17, 15) is 9.90 Å². The van der Waals surface area contributed by atoms with Gasteiger partial charge < -0.3 is 25.6 Å². The van der Waals surface area contributed by atoms with Gasteiger partial charge >= 0.3 is 6.09 Å². The Morgan fingerprint density at radius 1 is 1.52 bits per heavy atom. The number of nitrogens with zero attached hydrogens (tertiary/aromatic N) is 1. The highest BCUT2D eigenvalue weighted by Gasteiger charge is 2.30. The van der Waals surface area contributed by atoms with Crippen molar-refractivity contribution < 1.29 is 19.7 Å². The molecule has 21 heavy (non-hydrogen) atoms. The van der Waals surface area contributed by atoms with Crippen LogP contribution in [0.1, 0.15) is 17.2 Å². The minimum Gasteiger partial charge on any atom is -0.465 e. The van der Waals surface area contributed by atoms with Crippen molar-refractivity contribution in [3.05, 3.63) is 34.3 Å². The highest BCUT2D eigenvalue weighted by Crippen LogP contribution is 2.31. The smallest absolute Gasteiger partial charge is 0.407 e. The van der Waals surface area contributed by atoms with Crippen LogP contribution >= 0.6 is 11.6 Å². The number of hydrogen-bond donors (Lipinski definition) is 3. The molecule has 1 aliphatic heterocycles. The van der Waals surface area contributed by atoms with Crippen LogP contribution < -0.4 is 5.73 Å². The molecular weight excluding hydrogens is 296 g/mol. The van der Waals surface area contributed by atoms with Crippen LogP contribution in [0.25, 0.3) is 0 Å². The van der Waals surface area contributed by atoms with E-state index in [0.717, 1.165) is 11.1 Å². The number of benzene rings is 1. The highest BCUT2D eigenvalue weighted by atomic mass is 35.5. The summed E-state index contributed by atoms with van der Waals surface area (Å²) in [6.07, 6.45) is -1.38. The molecule has 1 saturated heterocycles. The van der Waals surface area contributed by atoms with Crippen LogP contribution in [0.3, 0.4) is 0 Å². The van der Waals surface area contributed by atoms with Crippen molar-refractivity contribution in [2.75, 3.05) is 26.3 Å². The lowest BCUT2D eigenvalue weighted by Gasteiger charge is -2.25. The van der Waals surface area contributed by atoms with Crippen LogP contribution in [0, 0.1) is 5.92 Å². The van der Waals surface area contributed by atoms with Crippen molar-refractivity contribution in [1.82, 2.24) is 4.90 Å². The fourth-order valence-electron chi connectivity index (χ4n) is 2.52. The number of hydrogen-bond acceptors (Lipinski definition) is 4. The maximum Gasteiger partial charge on any atom is 0.407 e. The minimum absolute atomic E-state index is 0.158. The maximum atomic E-state index is 11.1. The summed E-state index contributed by atoms with van der Waals surface area (Å²) < 4.78 is 5.76. The molecule has 0 saturated carbocycles. The Kier molecular flexibility index (Phi) is 5.41. The summed E-state index contributed by atoms with van der Waals surface area (Å²) in [6.45, 7) is 0.963. The Morgan fingerprint density at radius 3 is 2.90 bits per heavy atom. The molecule has 1 heterocycles. The molecule has 116 valence electrons. The van der Waals surface area contributed by atoms with E-state index in [2.05, 4.69) is 0 Å². The molecule has 0 spiro atoms. The average Bonchev–Trinajstić information content (AvgIpc) is 2.70. The molecule has 0 aromatic heterocycles. The summed E-state index contributed by atoms with van der Waals surface area (Å²) in [5.41, 5.74) is 7.30. The largest absolute Gasteiger partial charge is 0.465 e. The van der Waals surface area contributed by atoms with E-state index in [-0.39, 0.29) is 31.8 Å². The normalized spacial score (nSPS) is 22.9. The number of halogens is 1. The first kappa shape index (κ1) is 16.0. The molecule has 1 aromatic rings. The molecule has 0 radical (unpaired) electrons. The number of amides is 1. The Balaban J connectivity index is 2.26. The van der Waals surface area contributed by atoms with Crippen LogP contribution in [0.5, 0.6) is 0 Å². The third-order valence-corrected chi connectivity index (χ3v) is 4.03. The van der Waals surface area contributed by atoms with Crippen molar-refractivity contribution >= 4 is 17.7 Å². The number of aliphatic hydroxyl groups excluding tert-OH is 1. The summed E-state index contributed by atoms with van der Waals surface area (Å²) in [6, 6.07) is 5.42. The van der Waals surface area contributed by atoms with E-state index in [1.807, 2.05) is 12.1 Å². The second-order valence-corrected chi connectivity index (χ2v) is 5.42. The van der Waals surface area contributed by atoms with E-state index in [4.69, 9.17) is 27.2 Å². The van der Waals surface area contributed by atoms with Crippen LogP contribution in [-0.4, -0.2) is 47.5 Å². The van der Waals surface area contributed by atoms with Crippen molar-refractivity contribution in [3.8, 4) is 0 Å². The SMILES string of the molecule is NCc1cc(C2OCCN(C(=O)O)CC2CO)ccc1Cl. The van der Waals surface area contributed by atoms with Crippen LogP contribution in [-0.2, 0) is 11.3 Å². The van der Waals surface area contributed by atoms with E-state index < -0.39 is 6.09 Å². The number of nitrogens with two attached hydrogens (primary N) is 1. The first-order chi connectivity index (χ1) is 10.1. The van der Waals surface area contributed by atoms with Crippen molar-refractivity contribution in [2.45, 2.75) is 12.6 Å². The highest BCUT2D eigenvalue weighted by molar-refractivity contribution is 6.31. The fourth-order valence-corrected chi connectivity index (χ4v) is 2.71. The van der Waals surface area contributed by atoms with Gasteiger partial charge in [0.15, 0.2) is 0 Å². The number of aliphatic hydroxyl groups is 1. The van der Waals surface area contributed by atoms with Gasteiger partial charge in [-0.3, -0.25) is 0 Å². The van der Waals surface area contributed by atoms with E-state index in [0.29, 0.717) is 18.1 Å². The van der Waals surface area contributed by atoms with Crippen LogP contribution in [0.15, 0.2) is 18.2 Å². The van der Waals surface area contributed by atoms with Gasteiger partial charge in [-0.2, -0.15) is 0 Å². The topological polar surface area (TPSA) is 96.0 Å². The third-order valence-electron chi connectivity index (χ3n) is 3.66. The molecular formula is C14H19ClN2O4. The Morgan fingerprint density at radius 2 is 2.29 bits per heavy atom. The molecule has 0 bridgehead atoms. The summed E-state index contributed by atoms with van der Waals surface area (Å²) in [4.78, 5) is 12.4. The molecule has 1 amide bonds. The lowest BCUT2D eigenvalue weighted by atomic mass is 9.94. The van der Waals surface area contributed by atoms with Gasteiger partial charge in [-0.15, -0.1) is 0 Å². The van der Waals surface area contributed by atoms with Crippen molar-refractivity contribution in [2.24, 2.45) is 11.7 Å². The van der Waals surface area contributed by atoms with Crippen molar-refractivity contribution in [1.29, 1.82) is 0 Å². The summed E-state index contributed by atoms with van der Waals surface area (Å²) >= 11 is 6.05. The maximum absolute atomic E-state index is 11.1. The second kappa shape index (κ2) is 7.09. The molecule has 2 unspecified atom stereocenters. The number of carboxylic acid groups (broad SMARTS) is 1. The molecule has 2 atom stereocenters. The van der Waals surface area contributed by atoms with Crippen LogP contribution in [0.2, 0.25) is 5.02 Å². The Hall–Kier alpha value is -1.34. The summed E-state index contributed by atoms with van der Waals surface area (Å²) in [5, 5.41) is 19.3. The van der Waals surface area contributed by atoms with Gasteiger partial charge in [0.1, 0.15) is 0 Å². The van der Waals surface area contributed by atoms with Gasteiger partial charge in [-0.25, -0.2) is 4.79 Å². The quantitative estimate of drug-likeness (QED) is 0.785. The molecule has 1 aromatic carbocycles. The van der Waals surface area contributed by atoms with Crippen LogP contribution in [0.4, 0.5) is 4.79 Å². The fraction of sp³-hybridized carbons (Fsp3) is 0.500. The molecule has 2 rings (SSSR count). The third kappa shape index (κ3) is 3.65. The van der Waals surface area contributed by atoms with Crippen molar-refractivity contribution in [3.63, 3.8) is 0 Å². The molecule has 6 nitrogen and oxygen atoms in total. The standard InChI is InChI=1S/C14H19ClN2O4/c15-12-2-1-9(5-10(12)6-16)13-11(8-18)7-17(14(19)20)3-4-21-13/h1-2,5,11,13,18H,3-4,6-8,16H2,(H,19,20). The minimum atomic E-state index is -1.00. The zero-order valence-electron chi connectivity index (χ0n) is 11.5. The summed E-state index contributed by atoms with van der Waals surface area (Å²) in [7, 11) is 0. The molecule has 4 N–H and O–H groups in total. The number of ether oxygens (including phenoxy) is 1. The lowest BCUT2D eigenvalue weighted by Crippen LogP contribution is -2.36. The van der Waals surface area contributed by atoms with E-state index in [1.165, 1.54) is 4.90 Å². The number of rotatable bonds is 3. The van der Waals surface area contributed by atoms with E-state index >= 15 is 0 Å². The number of carbonyl (C=O) groups is 1. The van der Waals surface area contributed by atoms with Gasteiger partial charge in [0.05, 0.1) is 19.3 Å². The molecule has 1 aliphatic rings. The lowest BCUT2D eigenvalue weighted by molar-refractivity contribution is 0.0113. The van der Waals surface area contributed by atoms with E-state index in [1.54, 1.807) is 6.07 Å². The van der Waals surface area contributed by atoms with Gasteiger partial charge in [0.25, 0.3) is 0 Å². The molecule has 0 aliphatic carbocycles. The zero-order valence-corrected chi connectivity index (χ0v) is 12.3. The predicted molar refractivity (Wildman–Crippen MR) is 78.2 cm³/mol. The molecule has 1 fully saturated rings. The van der Waals surface area contributed by atoms with Gasteiger partial charge in [-0.05, 0) is 17.2 Å². The second-order valence-electron chi connectivity index (χ2n) is 5.02. The average molecular weight is 315 g/mol. The van der Waals surface area contributed by atoms with Gasteiger partial charge in [0.2, 0.25) is 0 Å². The predicted octanol–water partition coefficient (Wildman–Crippen LogP) is 1.46. The Labute approximate surface area is 128 Å². The first-order valence-corrected chi connectivity index (χ1v) is 7.13. The Bertz CT molecular complexity index is 512. The zero-order chi connectivity index (χ0) is 15.4. The van der Waals surface area contributed by atoms with Gasteiger partial charge in [0, 0.05) is 30.6 Å². The van der Waals surface area contributed by atoms with Gasteiger partial charge in [-0.1, -0.05) is 23.7 Å². The summed E-state index contributed by atoms with van der Waals surface area (Å²) in [5.74, 6) is -0.324. The monoisotopic (exact) mass is 314 g/mol. The molecule has 7 heteroatoms.